The molecule has 4 aliphatic heterocycles. The number of hydrogen-bond donors (Lipinski definition) is 0. The molecule has 0 aliphatic carbocycles. The fourth-order valence-electron chi connectivity index (χ4n) is 5.49. The Morgan fingerprint density at radius 1 is 0.298 bits per heavy atom. The van der Waals surface area contributed by atoms with Crippen LogP contribution in [0.2, 0.25) is 0 Å². The maximum atomic E-state index is 2.57. The second-order valence-electron chi connectivity index (χ2n) is 13.9. The predicted molar refractivity (Wildman–Crippen MR) is 283 cm³/mol. The molecule has 4 rings (SSSR count). The van der Waals surface area contributed by atoms with E-state index in [2.05, 4.69) is 108 Å². The van der Waals surface area contributed by atoms with Gasteiger partial charge < -0.3 is 19.6 Å². The van der Waals surface area contributed by atoms with E-state index in [1.807, 2.05) is 111 Å². The number of piperidine rings is 1. The summed E-state index contributed by atoms with van der Waals surface area (Å²) in [6.45, 7) is 70.0. The number of likely N-dealkylation sites (N-methyl/N-ethyl adjacent to an activating group) is 1. The smallest absolute Gasteiger partial charge is 0.0112 e. The average molecular weight is 829 g/mol. The second kappa shape index (κ2) is 70.4. The Morgan fingerprint density at radius 3 is 0.719 bits per heavy atom. The Bertz CT molecular complexity index is 519. The van der Waals surface area contributed by atoms with Gasteiger partial charge in [0.05, 0.1) is 0 Å². The van der Waals surface area contributed by atoms with Gasteiger partial charge in [-0.15, -0.1) is 0 Å². The highest BCUT2D eigenvalue weighted by molar-refractivity contribution is 4.78. The van der Waals surface area contributed by atoms with Gasteiger partial charge in [-0.3, -0.25) is 4.90 Å². The molecule has 0 radical (unpaired) electrons. The van der Waals surface area contributed by atoms with E-state index in [0.717, 1.165) is 41.9 Å². The molecule has 1 atom stereocenters. The van der Waals surface area contributed by atoms with E-state index in [1.165, 1.54) is 84.7 Å². The zero-order valence-corrected chi connectivity index (χ0v) is 43.5. The zero-order chi connectivity index (χ0) is 44.1. The highest BCUT2D eigenvalue weighted by atomic mass is 15.3. The molecule has 366 valence electrons. The number of nitrogens with zero attached hydrogens (tertiary/aromatic N) is 5. The molecule has 5 nitrogen and oxygen atoms in total. The van der Waals surface area contributed by atoms with Crippen molar-refractivity contribution in [3.63, 3.8) is 0 Å². The van der Waals surface area contributed by atoms with Gasteiger partial charge in [0.25, 0.3) is 0 Å². The lowest BCUT2D eigenvalue weighted by atomic mass is 9.98. The maximum Gasteiger partial charge on any atom is 0.0112 e. The summed E-state index contributed by atoms with van der Waals surface area (Å²) in [6, 6.07) is 3.02. The highest BCUT2D eigenvalue weighted by Crippen LogP contribution is 2.18. The lowest BCUT2D eigenvalue weighted by molar-refractivity contribution is 0.0787. The van der Waals surface area contributed by atoms with Crippen LogP contribution in [0.4, 0.5) is 0 Å². The molecule has 0 spiro atoms. The summed E-state index contributed by atoms with van der Waals surface area (Å²) in [7, 11) is 2.19. The lowest BCUT2D eigenvalue weighted by Crippen LogP contribution is -2.48. The summed E-state index contributed by atoms with van der Waals surface area (Å²) in [5.74, 6) is 2.86. The van der Waals surface area contributed by atoms with Crippen molar-refractivity contribution >= 4 is 0 Å². The Kier molecular flexibility index (Phi) is 109. The molecular weight excluding hydrogens is 695 g/mol. The van der Waals surface area contributed by atoms with Crippen LogP contribution in [-0.2, 0) is 0 Å². The monoisotopic (exact) mass is 828 g/mol. The van der Waals surface area contributed by atoms with E-state index in [-0.39, 0.29) is 29.7 Å². The molecule has 57 heavy (non-hydrogen) atoms. The molecule has 1 unspecified atom stereocenters. The van der Waals surface area contributed by atoms with Crippen LogP contribution < -0.4 is 0 Å². The van der Waals surface area contributed by atoms with Crippen molar-refractivity contribution in [2.45, 2.75) is 260 Å². The van der Waals surface area contributed by atoms with Crippen LogP contribution in [0, 0.1) is 17.8 Å². The first-order chi connectivity index (χ1) is 25.3. The summed E-state index contributed by atoms with van der Waals surface area (Å²) >= 11 is 0. The lowest BCUT2D eigenvalue weighted by Gasteiger charge is -2.40. The molecule has 0 N–H and O–H groups in total. The van der Waals surface area contributed by atoms with E-state index in [0.29, 0.717) is 0 Å². The van der Waals surface area contributed by atoms with E-state index in [9.17, 15) is 0 Å². The summed E-state index contributed by atoms with van der Waals surface area (Å²) in [5, 5.41) is 0. The largest absolute Gasteiger partial charge is 0.304 e. The fraction of sp³-hybridized carbons (Fsp3) is 1.00. The summed E-state index contributed by atoms with van der Waals surface area (Å²) in [4.78, 5) is 12.5. The topological polar surface area (TPSA) is 16.2 Å². The van der Waals surface area contributed by atoms with Crippen LogP contribution in [0.5, 0.6) is 0 Å². The van der Waals surface area contributed by atoms with Crippen molar-refractivity contribution < 1.29 is 0 Å². The van der Waals surface area contributed by atoms with Crippen molar-refractivity contribution in [2.75, 3.05) is 72.5 Å². The molecule has 0 aromatic carbocycles. The molecule has 5 heteroatoms. The fourth-order valence-corrected chi connectivity index (χ4v) is 5.49. The summed E-state index contributed by atoms with van der Waals surface area (Å²) in [6.07, 6.45) is 4.20. The van der Waals surface area contributed by atoms with Crippen LogP contribution in [0.15, 0.2) is 0 Å². The van der Waals surface area contributed by atoms with E-state index < -0.39 is 0 Å². The molecular formula is C52H133N5. The van der Waals surface area contributed by atoms with E-state index >= 15 is 0 Å². The van der Waals surface area contributed by atoms with Crippen molar-refractivity contribution in [1.29, 1.82) is 0 Å². The van der Waals surface area contributed by atoms with Gasteiger partial charge in [0.1, 0.15) is 0 Å². The minimum atomic E-state index is 0. The Hall–Kier alpha value is -0.200. The van der Waals surface area contributed by atoms with Crippen molar-refractivity contribution in [3.05, 3.63) is 0 Å². The maximum absolute atomic E-state index is 2.57. The van der Waals surface area contributed by atoms with Crippen LogP contribution >= 0.6 is 0 Å². The van der Waals surface area contributed by atoms with Gasteiger partial charge in [-0.25, -0.2) is 0 Å². The first kappa shape index (κ1) is 88.1. The first-order valence-electron chi connectivity index (χ1n) is 23.9. The molecule has 0 aromatic heterocycles. The Morgan fingerprint density at radius 2 is 0.526 bits per heavy atom. The molecule has 0 bridgehead atoms. The SMILES string of the molecule is C.C.C.C.CC.CC.CC.CC.CC.CC.CC.CC.CC(C)N1CCN(C)CC1.CC1CCN(C(C)C)C1.CC1CCN(C(C)C)CC1.CC1CN(C(C)C)C1. The molecule has 0 aromatic rings. The first-order valence-corrected chi connectivity index (χ1v) is 23.9. The van der Waals surface area contributed by atoms with Gasteiger partial charge in [-0.05, 0) is 119 Å². The Balaban J connectivity index is -0.0000000415. The number of piperazine rings is 1. The number of hydrogen-bond acceptors (Lipinski definition) is 5. The van der Waals surface area contributed by atoms with Gasteiger partial charge in [-0.2, -0.15) is 0 Å². The van der Waals surface area contributed by atoms with Gasteiger partial charge in [0.15, 0.2) is 0 Å². The van der Waals surface area contributed by atoms with Gasteiger partial charge in [0.2, 0.25) is 0 Å². The predicted octanol–water partition coefficient (Wildman–Crippen LogP) is 16.6. The standard InChI is InChI=1S/C9H19N.C8H18N2.C8H17N.C7H15N.8C2H6.4CH4/c2*1-8(2)10-6-4-9(3)5-7-10;1-7(2)9-5-4-8(3)6-9;1-6(2)8-4-7(3)5-8;8*1-2;;;;/h8-9H,4-7H2,1-3H3;8H,4-7H2,1-3H3;7-8H,4-6H2,1-3H3;6-7H,4-5H2,1-3H3;8*1-2H3;4*1H4. The van der Waals surface area contributed by atoms with Crippen LogP contribution in [0.1, 0.15) is 236 Å². The third-order valence-electron chi connectivity index (χ3n) is 8.82. The van der Waals surface area contributed by atoms with Crippen molar-refractivity contribution in [2.24, 2.45) is 17.8 Å². The van der Waals surface area contributed by atoms with E-state index in [1.54, 1.807) is 0 Å². The molecule has 0 saturated carbocycles. The molecule has 4 heterocycles. The van der Waals surface area contributed by atoms with E-state index in [4.69, 9.17) is 0 Å². The minimum Gasteiger partial charge on any atom is -0.304 e. The van der Waals surface area contributed by atoms with Crippen molar-refractivity contribution in [3.8, 4) is 0 Å². The molecule has 4 aliphatic rings. The second-order valence-corrected chi connectivity index (χ2v) is 13.9. The number of rotatable bonds is 4. The molecule has 4 saturated heterocycles. The Labute approximate surface area is 373 Å². The van der Waals surface area contributed by atoms with Crippen LogP contribution in [0.25, 0.3) is 0 Å². The normalized spacial score (nSPS) is 17.4. The summed E-state index contributed by atoms with van der Waals surface area (Å²) < 4.78 is 0. The molecule has 0 amide bonds. The minimum absolute atomic E-state index is 0. The van der Waals surface area contributed by atoms with Crippen molar-refractivity contribution in [1.82, 2.24) is 24.5 Å². The molecule has 4 fully saturated rings. The van der Waals surface area contributed by atoms with Crippen LogP contribution in [-0.4, -0.2) is 121 Å². The van der Waals surface area contributed by atoms with Gasteiger partial charge >= 0.3 is 0 Å². The van der Waals surface area contributed by atoms with Gasteiger partial charge in [0, 0.05) is 70.0 Å². The van der Waals surface area contributed by atoms with Gasteiger partial charge in [-0.1, -0.05) is 161 Å². The zero-order valence-electron chi connectivity index (χ0n) is 43.5. The quantitative estimate of drug-likeness (QED) is 0.280. The average Bonchev–Trinajstić information content (AvgIpc) is 3.64. The highest BCUT2D eigenvalue weighted by Gasteiger charge is 2.24. The third-order valence-corrected chi connectivity index (χ3v) is 8.82. The number of likely N-dealkylation sites (tertiary alicyclic amines) is 3. The van der Waals surface area contributed by atoms with Crippen LogP contribution in [0.3, 0.4) is 0 Å². The summed E-state index contributed by atoms with van der Waals surface area (Å²) in [5.41, 5.74) is 0. The third kappa shape index (κ3) is 57.9.